The number of anilines is 1. The fraction of sp³-hybridized carbons (Fsp3) is 0.714. The van der Waals surface area contributed by atoms with Gasteiger partial charge in [-0.25, -0.2) is 4.98 Å². The predicted octanol–water partition coefficient (Wildman–Crippen LogP) is 2.11. The minimum Gasteiger partial charge on any atom is -0.396 e. The molecule has 1 amide bonds. The number of aliphatic hydroxyl groups excluding tert-OH is 1. The van der Waals surface area contributed by atoms with Crippen LogP contribution in [-0.4, -0.2) is 47.6 Å². The summed E-state index contributed by atoms with van der Waals surface area (Å²) in [6, 6.07) is 0. The molecule has 1 aromatic rings. The molecule has 0 aliphatic heterocycles. The van der Waals surface area contributed by atoms with Crippen LogP contribution in [0.2, 0.25) is 0 Å². The van der Waals surface area contributed by atoms with Crippen LogP contribution in [0.15, 0.2) is 5.38 Å². The molecular weight excluding hydrogens is 274 g/mol. The average molecular weight is 299 g/mol. The zero-order valence-corrected chi connectivity index (χ0v) is 13.4. The molecule has 0 radical (unpaired) electrons. The van der Waals surface area contributed by atoms with Crippen molar-refractivity contribution in [2.24, 2.45) is 0 Å². The van der Waals surface area contributed by atoms with Crippen LogP contribution in [0.5, 0.6) is 0 Å². The normalized spacial score (nSPS) is 11.1. The van der Waals surface area contributed by atoms with Gasteiger partial charge in [-0.05, 0) is 39.8 Å². The third-order valence-corrected chi connectivity index (χ3v) is 4.01. The van der Waals surface area contributed by atoms with Gasteiger partial charge in [0.25, 0.3) is 0 Å². The van der Waals surface area contributed by atoms with Crippen molar-refractivity contribution >= 4 is 22.4 Å². The first-order chi connectivity index (χ1) is 9.58. The van der Waals surface area contributed by atoms with E-state index in [0.29, 0.717) is 6.54 Å². The molecule has 0 saturated heterocycles. The van der Waals surface area contributed by atoms with E-state index in [1.54, 1.807) is 11.8 Å². The minimum absolute atomic E-state index is 0.0331. The fourth-order valence-corrected chi connectivity index (χ4v) is 2.93. The molecule has 0 aromatic carbocycles. The van der Waals surface area contributed by atoms with Crippen LogP contribution in [0.3, 0.4) is 0 Å². The monoisotopic (exact) mass is 299 g/mol. The lowest BCUT2D eigenvalue weighted by atomic mass is 10.2. The molecule has 0 bridgehead atoms. The maximum absolute atomic E-state index is 11.5. The summed E-state index contributed by atoms with van der Waals surface area (Å²) in [5.41, 5.74) is 1.01. The smallest absolute Gasteiger partial charge is 0.225 e. The molecule has 6 heteroatoms. The van der Waals surface area contributed by atoms with Gasteiger partial charge >= 0.3 is 0 Å². The van der Waals surface area contributed by atoms with Crippen molar-refractivity contribution in [3.8, 4) is 0 Å². The van der Waals surface area contributed by atoms with E-state index >= 15 is 0 Å². The summed E-state index contributed by atoms with van der Waals surface area (Å²) in [5.74, 6) is 0.0331. The molecule has 0 aliphatic rings. The number of thiazole rings is 1. The molecule has 1 rings (SSSR count). The standard InChI is InChI=1S/C14H25N3O2S/c1-4-17(12(2)19)14-15-13(11-20-14)10-16(3)8-6-5-7-9-18/h11,18H,4-10H2,1-3H3. The highest BCUT2D eigenvalue weighted by Crippen LogP contribution is 2.21. The van der Waals surface area contributed by atoms with E-state index in [-0.39, 0.29) is 12.5 Å². The topological polar surface area (TPSA) is 56.7 Å². The third kappa shape index (κ3) is 5.56. The molecule has 20 heavy (non-hydrogen) atoms. The van der Waals surface area contributed by atoms with E-state index in [9.17, 15) is 4.79 Å². The highest BCUT2D eigenvalue weighted by molar-refractivity contribution is 7.14. The van der Waals surface area contributed by atoms with Crippen molar-refractivity contribution in [2.75, 3.05) is 31.6 Å². The van der Waals surface area contributed by atoms with Crippen molar-refractivity contribution in [3.63, 3.8) is 0 Å². The van der Waals surface area contributed by atoms with E-state index in [1.165, 1.54) is 11.3 Å². The first kappa shape index (κ1) is 17.1. The largest absolute Gasteiger partial charge is 0.396 e. The average Bonchev–Trinajstić information content (AvgIpc) is 2.83. The second-order valence-electron chi connectivity index (χ2n) is 4.91. The van der Waals surface area contributed by atoms with E-state index in [0.717, 1.165) is 43.2 Å². The van der Waals surface area contributed by atoms with Gasteiger partial charge in [0.05, 0.1) is 5.69 Å². The van der Waals surface area contributed by atoms with Gasteiger partial charge in [-0.15, -0.1) is 11.3 Å². The van der Waals surface area contributed by atoms with Gasteiger partial charge in [-0.1, -0.05) is 0 Å². The molecule has 1 aromatic heterocycles. The Morgan fingerprint density at radius 1 is 1.40 bits per heavy atom. The summed E-state index contributed by atoms with van der Waals surface area (Å²) in [6.07, 6.45) is 3.01. The van der Waals surface area contributed by atoms with E-state index in [2.05, 4.69) is 16.9 Å². The highest BCUT2D eigenvalue weighted by Gasteiger charge is 2.13. The summed E-state index contributed by atoms with van der Waals surface area (Å²) in [4.78, 5) is 19.9. The summed E-state index contributed by atoms with van der Waals surface area (Å²) in [7, 11) is 2.07. The van der Waals surface area contributed by atoms with Crippen LogP contribution < -0.4 is 4.90 Å². The number of carbonyl (C=O) groups excluding carboxylic acids is 1. The zero-order chi connectivity index (χ0) is 15.0. The number of amides is 1. The molecule has 5 nitrogen and oxygen atoms in total. The molecular formula is C14H25N3O2S. The van der Waals surface area contributed by atoms with Crippen molar-refractivity contribution in [1.29, 1.82) is 0 Å². The maximum Gasteiger partial charge on any atom is 0.225 e. The Morgan fingerprint density at radius 2 is 2.15 bits per heavy atom. The molecule has 114 valence electrons. The Balaban J connectivity index is 2.45. The Morgan fingerprint density at radius 3 is 2.75 bits per heavy atom. The van der Waals surface area contributed by atoms with Crippen LogP contribution in [0.25, 0.3) is 0 Å². The molecule has 0 saturated carbocycles. The molecule has 1 N–H and O–H groups in total. The number of carbonyl (C=O) groups is 1. The third-order valence-electron chi connectivity index (χ3n) is 3.10. The first-order valence-electron chi connectivity index (χ1n) is 7.10. The zero-order valence-electron chi connectivity index (χ0n) is 12.6. The Bertz CT molecular complexity index is 409. The molecule has 0 unspecified atom stereocenters. The molecule has 1 heterocycles. The second-order valence-corrected chi connectivity index (χ2v) is 5.74. The fourth-order valence-electron chi connectivity index (χ4n) is 2.01. The van der Waals surface area contributed by atoms with Crippen LogP contribution in [0.4, 0.5) is 5.13 Å². The van der Waals surface area contributed by atoms with Crippen LogP contribution in [0.1, 0.15) is 38.8 Å². The van der Waals surface area contributed by atoms with Gasteiger partial charge in [0.15, 0.2) is 5.13 Å². The lowest BCUT2D eigenvalue weighted by Crippen LogP contribution is -2.27. The van der Waals surface area contributed by atoms with Gasteiger partial charge in [0.2, 0.25) is 5.91 Å². The SMILES string of the molecule is CCN(C(C)=O)c1nc(CN(C)CCCCCO)cs1. The lowest BCUT2D eigenvalue weighted by Gasteiger charge is -2.16. The van der Waals surface area contributed by atoms with Crippen molar-refractivity contribution in [3.05, 3.63) is 11.1 Å². The van der Waals surface area contributed by atoms with Crippen molar-refractivity contribution < 1.29 is 9.90 Å². The summed E-state index contributed by atoms with van der Waals surface area (Å²) >= 11 is 1.52. The maximum atomic E-state index is 11.5. The van der Waals surface area contributed by atoms with Crippen LogP contribution in [-0.2, 0) is 11.3 Å². The van der Waals surface area contributed by atoms with E-state index < -0.39 is 0 Å². The molecule has 0 fully saturated rings. The van der Waals surface area contributed by atoms with Crippen LogP contribution in [0, 0.1) is 0 Å². The summed E-state index contributed by atoms with van der Waals surface area (Å²) in [5, 5.41) is 11.5. The number of nitrogens with zero attached hydrogens (tertiary/aromatic N) is 3. The molecule has 0 atom stereocenters. The second kappa shape index (κ2) is 9.05. The van der Waals surface area contributed by atoms with Gasteiger partial charge in [-0.3, -0.25) is 9.69 Å². The Hall–Kier alpha value is -0.980. The van der Waals surface area contributed by atoms with Gasteiger partial charge in [0.1, 0.15) is 0 Å². The van der Waals surface area contributed by atoms with Crippen molar-refractivity contribution in [1.82, 2.24) is 9.88 Å². The van der Waals surface area contributed by atoms with Crippen molar-refractivity contribution in [2.45, 2.75) is 39.7 Å². The van der Waals surface area contributed by atoms with Crippen LogP contribution >= 0.6 is 11.3 Å². The number of rotatable bonds is 9. The highest BCUT2D eigenvalue weighted by atomic mass is 32.1. The quantitative estimate of drug-likeness (QED) is 0.710. The van der Waals surface area contributed by atoms with Gasteiger partial charge in [0, 0.05) is 32.0 Å². The number of hydrogen-bond acceptors (Lipinski definition) is 5. The Kier molecular flexibility index (Phi) is 7.72. The summed E-state index contributed by atoms with van der Waals surface area (Å²) in [6.45, 7) is 6.24. The first-order valence-corrected chi connectivity index (χ1v) is 7.98. The number of aromatic nitrogens is 1. The predicted molar refractivity (Wildman–Crippen MR) is 83.1 cm³/mol. The summed E-state index contributed by atoms with van der Waals surface area (Å²) < 4.78 is 0. The lowest BCUT2D eigenvalue weighted by molar-refractivity contribution is -0.116. The number of unbranched alkanes of at least 4 members (excludes halogenated alkanes) is 2. The number of hydrogen-bond donors (Lipinski definition) is 1. The molecule has 0 spiro atoms. The molecule has 0 aliphatic carbocycles. The Labute approximate surface area is 125 Å². The minimum atomic E-state index is 0.0331. The van der Waals surface area contributed by atoms with Gasteiger partial charge in [-0.2, -0.15) is 0 Å². The van der Waals surface area contributed by atoms with E-state index in [1.807, 2.05) is 12.3 Å². The van der Waals surface area contributed by atoms with E-state index in [4.69, 9.17) is 5.11 Å². The van der Waals surface area contributed by atoms with Gasteiger partial charge < -0.3 is 10.0 Å². The number of aliphatic hydroxyl groups is 1.